The van der Waals surface area contributed by atoms with Gasteiger partial charge in [0.1, 0.15) is 0 Å². The van der Waals surface area contributed by atoms with E-state index in [1.807, 2.05) is 11.6 Å². The van der Waals surface area contributed by atoms with Crippen LogP contribution in [-0.2, 0) is 13.1 Å². The molecule has 0 amide bonds. The van der Waals surface area contributed by atoms with Crippen molar-refractivity contribution >= 4 is 23.2 Å². The zero-order valence-electron chi connectivity index (χ0n) is 13.0. The van der Waals surface area contributed by atoms with Crippen LogP contribution in [0.25, 0.3) is 0 Å². The minimum atomic E-state index is -0.747. The van der Waals surface area contributed by atoms with Crippen LogP contribution < -0.4 is 5.32 Å². The molecule has 1 heterocycles. The summed E-state index contributed by atoms with van der Waals surface area (Å²) in [6.07, 6.45) is -0.747. The Kier molecular flexibility index (Phi) is 5.87. The van der Waals surface area contributed by atoms with Gasteiger partial charge in [-0.05, 0) is 32.9 Å². The molecular weight excluding hydrogens is 321 g/mol. The number of nitrogens with one attached hydrogen (secondary N) is 1. The van der Waals surface area contributed by atoms with E-state index in [0.29, 0.717) is 28.7 Å². The zero-order valence-corrected chi connectivity index (χ0v) is 14.5. The normalized spacial score (nSPS) is 12.6. The smallest absolute Gasteiger partial charge is 0.0943 e. The number of halogens is 2. The average Bonchev–Trinajstić information content (AvgIpc) is 2.74. The van der Waals surface area contributed by atoms with Crippen molar-refractivity contribution in [3.63, 3.8) is 0 Å². The second kappa shape index (κ2) is 7.47. The van der Waals surface area contributed by atoms with Crippen LogP contribution in [-0.4, -0.2) is 21.4 Å². The molecule has 120 valence electrons. The Balaban J connectivity index is 2.01. The van der Waals surface area contributed by atoms with Gasteiger partial charge < -0.3 is 10.4 Å². The van der Waals surface area contributed by atoms with Crippen molar-refractivity contribution in [2.75, 3.05) is 6.54 Å². The molecule has 0 fully saturated rings. The van der Waals surface area contributed by atoms with Crippen molar-refractivity contribution in [2.24, 2.45) is 0 Å². The van der Waals surface area contributed by atoms with Crippen molar-refractivity contribution in [2.45, 2.75) is 40.0 Å². The van der Waals surface area contributed by atoms with Crippen LogP contribution in [0.1, 0.15) is 35.5 Å². The van der Waals surface area contributed by atoms with Gasteiger partial charge in [0.05, 0.1) is 11.8 Å². The molecule has 0 aliphatic carbocycles. The first-order valence-electron chi connectivity index (χ1n) is 7.31. The summed E-state index contributed by atoms with van der Waals surface area (Å²) < 4.78 is 1.98. The Labute approximate surface area is 141 Å². The van der Waals surface area contributed by atoms with Gasteiger partial charge in [0, 0.05) is 46.5 Å². The molecule has 1 atom stereocenters. The fraction of sp³-hybridized carbons (Fsp3) is 0.438. The number of hydrogen-bond donors (Lipinski definition) is 2. The second-order valence-electron chi connectivity index (χ2n) is 5.25. The van der Waals surface area contributed by atoms with E-state index < -0.39 is 6.10 Å². The van der Waals surface area contributed by atoms with Crippen LogP contribution in [0.5, 0.6) is 0 Å². The van der Waals surface area contributed by atoms with E-state index in [0.717, 1.165) is 17.9 Å². The summed E-state index contributed by atoms with van der Waals surface area (Å²) in [6, 6.07) is 5.22. The lowest BCUT2D eigenvalue weighted by Gasteiger charge is -2.15. The highest BCUT2D eigenvalue weighted by Crippen LogP contribution is 2.29. The molecule has 0 aliphatic heterocycles. The first kappa shape index (κ1) is 17.3. The van der Waals surface area contributed by atoms with Gasteiger partial charge in [-0.3, -0.25) is 4.68 Å². The Morgan fingerprint density at radius 2 is 1.91 bits per heavy atom. The van der Waals surface area contributed by atoms with Gasteiger partial charge in [-0.2, -0.15) is 5.10 Å². The number of aliphatic hydroxyl groups excluding tert-OH is 1. The summed E-state index contributed by atoms with van der Waals surface area (Å²) in [7, 11) is 0. The summed E-state index contributed by atoms with van der Waals surface area (Å²) in [6.45, 7) is 8.00. The van der Waals surface area contributed by atoms with Crippen molar-refractivity contribution in [1.29, 1.82) is 0 Å². The van der Waals surface area contributed by atoms with Crippen LogP contribution >= 0.6 is 23.2 Å². The highest BCUT2D eigenvalue weighted by molar-refractivity contribution is 6.36. The Bertz CT molecular complexity index is 635. The topological polar surface area (TPSA) is 50.1 Å². The molecule has 1 aromatic heterocycles. The summed E-state index contributed by atoms with van der Waals surface area (Å²) in [5.41, 5.74) is 3.89. The van der Waals surface area contributed by atoms with E-state index in [1.165, 1.54) is 5.56 Å². The first-order chi connectivity index (χ1) is 10.5. The molecule has 2 aromatic rings. The molecule has 0 radical (unpaired) electrons. The maximum Gasteiger partial charge on any atom is 0.0943 e. The van der Waals surface area contributed by atoms with Crippen LogP contribution in [0.2, 0.25) is 10.0 Å². The molecule has 0 saturated heterocycles. The zero-order chi connectivity index (χ0) is 16.3. The van der Waals surface area contributed by atoms with Crippen LogP contribution in [0.4, 0.5) is 0 Å². The molecule has 2 N–H and O–H groups in total. The van der Waals surface area contributed by atoms with Gasteiger partial charge in [0.25, 0.3) is 0 Å². The molecule has 1 unspecified atom stereocenters. The Morgan fingerprint density at radius 1 is 1.27 bits per heavy atom. The van der Waals surface area contributed by atoms with E-state index >= 15 is 0 Å². The molecule has 0 bridgehead atoms. The van der Waals surface area contributed by atoms with Gasteiger partial charge in [-0.15, -0.1) is 0 Å². The largest absolute Gasteiger partial charge is 0.387 e. The fourth-order valence-corrected chi connectivity index (χ4v) is 3.21. The van der Waals surface area contributed by atoms with Gasteiger partial charge in [0.15, 0.2) is 0 Å². The predicted molar refractivity (Wildman–Crippen MR) is 90.5 cm³/mol. The highest BCUT2D eigenvalue weighted by Gasteiger charge is 2.16. The summed E-state index contributed by atoms with van der Waals surface area (Å²) in [4.78, 5) is 0. The number of aryl methyl sites for hydroxylation is 2. The predicted octanol–water partition coefficient (Wildman–Crippen LogP) is 3.65. The van der Waals surface area contributed by atoms with Gasteiger partial charge >= 0.3 is 0 Å². The number of aliphatic hydroxyl groups is 1. The average molecular weight is 342 g/mol. The van der Waals surface area contributed by atoms with Crippen molar-refractivity contribution in [1.82, 2.24) is 15.1 Å². The molecule has 4 nitrogen and oxygen atoms in total. The molecule has 0 spiro atoms. The third-order valence-electron chi connectivity index (χ3n) is 3.80. The summed E-state index contributed by atoms with van der Waals surface area (Å²) in [5, 5.41) is 19.0. The van der Waals surface area contributed by atoms with Crippen molar-refractivity contribution in [3.05, 3.63) is 50.8 Å². The highest BCUT2D eigenvalue weighted by atomic mass is 35.5. The van der Waals surface area contributed by atoms with Gasteiger partial charge in [-0.25, -0.2) is 0 Å². The molecule has 0 aliphatic rings. The number of rotatable bonds is 6. The van der Waals surface area contributed by atoms with E-state index in [2.05, 4.69) is 24.3 Å². The minimum Gasteiger partial charge on any atom is -0.387 e. The van der Waals surface area contributed by atoms with Crippen molar-refractivity contribution in [3.8, 4) is 0 Å². The lowest BCUT2D eigenvalue weighted by atomic mass is 10.1. The van der Waals surface area contributed by atoms with E-state index in [9.17, 15) is 5.11 Å². The van der Waals surface area contributed by atoms with E-state index in [1.54, 1.807) is 18.2 Å². The summed E-state index contributed by atoms with van der Waals surface area (Å²) in [5.74, 6) is 0. The Hall–Kier alpha value is -1.07. The third-order valence-corrected chi connectivity index (χ3v) is 4.46. The summed E-state index contributed by atoms with van der Waals surface area (Å²) >= 11 is 12.2. The van der Waals surface area contributed by atoms with Gasteiger partial charge in [0.2, 0.25) is 0 Å². The Morgan fingerprint density at radius 3 is 2.45 bits per heavy atom. The number of hydrogen-bond acceptors (Lipinski definition) is 3. The quantitative estimate of drug-likeness (QED) is 0.843. The molecular formula is C16H21Cl2N3O. The first-order valence-corrected chi connectivity index (χ1v) is 8.06. The van der Waals surface area contributed by atoms with E-state index in [4.69, 9.17) is 23.2 Å². The molecule has 22 heavy (non-hydrogen) atoms. The molecule has 6 heteroatoms. The SMILES string of the molecule is CCn1nc(C)c(CNCC(O)c2c(Cl)cccc2Cl)c1C. The maximum atomic E-state index is 10.3. The minimum absolute atomic E-state index is 0.375. The van der Waals surface area contributed by atoms with Crippen LogP contribution in [0.3, 0.4) is 0 Å². The number of benzene rings is 1. The van der Waals surface area contributed by atoms with Gasteiger partial charge in [-0.1, -0.05) is 29.3 Å². The molecule has 0 saturated carbocycles. The maximum absolute atomic E-state index is 10.3. The van der Waals surface area contributed by atoms with Crippen LogP contribution in [0, 0.1) is 13.8 Å². The third kappa shape index (κ3) is 3.63. The number of nitrogens with zero attached hydrogens (tertiary/aromatic N) is 2. The second-order valence-corrected chi connectivity index (χ2v) is 6.06. The number of aromatic nitrogens is 2. The van der Waals surface area contributed by atoms with Crippen molar-refractivity contribution < 1.29 is 5.11 Å². The molecule has 2 rings (SSSR count). The lowest BCUT2D eigenvalue weighted by Crippen LogP contribution is -2.22. The molecule has 1 aromatic carbocycles. The fourth-order valence-electron chi connectivity index (χ4n) is 2.56. The monoisotopic (exact) mass is 341 g/mol. The van der Waals surface area contributed by atoms with E-state index in [-0.39, 0.29) is 0 Å². The standard InChI is InChI=1S/C16H21Cl2N3O/c1-4-21-11(3)12(10(2)20-21)8-19-9-15(22)16-13(17)6-5-7-14(16)18/h5-7,15,19,22H,4,8-9H2,1-3H3. The van der Waals surface area contributed by atoms with Crippen LogP contribution in [0.15, 0.2) is 18.2 Å². The lowest BCUT2D eigenvalue weighted by molar-refractivity contribution is 0.174.